The minimum absolute atomic E-state index is 0.0514. The molecule has 1 fully saturated rings. The summed E-state index contributed by atoms with van der Waals surface area (Å²) in [6.07, 6.45) is 2.56. The van der Waals surface area contributed by atoms with Crippen LogP contribution in [0.5, 0.6) is 0 Å². The Morgan fingerprint density at radius 2 is 1.94 bits per heavy atom. The van der Waals surface area contributed by atoms with Crippen molar-refractivity contribution >= 4 is 17.8 Å². The SMILES string of the molecule is CC.Cc1ncc(C#CCCCNC(=O)CN(C)C(=O)OC(C)(C)C)c(N2CCOCC2)n1. The Morgan fingerprint density at radius 1 is 1.27 bits per heavy atom. The fourth-order valence-electron chi connectivity index (χ4n) is 2.80. The first-order valence-electron chi connectivity index (χ1n) is 11.5. The van der Waals surface area contributed by atoms with Crippen LogP contribution in [0.3, 0.4) is 0 Å². The van der Waals surface area contributed by atoms with Crippen LogP contribution >= 0.6 is 0 Å². The number of amides is 2. The van der Waals surface area contributed by atoms with Gasteiger partial charge in [0.1, 0.15) is 23.8 Å². The van der Waals surface area contributed by atoms with Crippen LogP contribution in [0.2, 0.25) is 0 Å². The lowest BCUT2D eigenvalue weighted by molar-refractivity contribution is -0.122. The van der Waals surface area contributed by atoms with Gasteiger partial charge in [-0.2, -0.15) is 0 Å². The van der Waals surface area contributed by atoms with Crippen LogP contribution in [0.15, 0.2) is 6.20 Å². The molecule has 2 heterocycles. The van der Waals surface area contributed by atoms with E-state index >= 15 is 0 Å². The van der Waals surface area contributed by atoms with E-state index in [0.29, 0.717) is 38.4 Å². The summed E-state index contributed by atoms with van der Waals surface area (Å²) in [4.78, 5) is 36.1. The largest absolute Gasteiger partial charge is 0.444 e. The summed E-state index contributed by atoms with van der Waals surface area (Å²) in [6.45, 7) is 14.6. The van der Waals surface area contributed by atoms with Crippen molar-refractivity contribution in [2.75, 3.05) is 51.3 Å². The maximum absolute atomic E-state index is 12.0. The highest BCUT2D eigenvalue weighted by atomic mass is 16.6. The van der Waals surface area contributed by atoms with Crippen molar-refractivity contribution < 1.29 is 19.1 Å². The van der Waals surface area contributed by atoms with Gasteiger partial charge in [-0.3, -0.25) is 4.79 Å². The third-order valence-corrected chi connectivity index (χ3v) is 4.31. The van der Waals surface area contributed by atoms with Crippen molar-refractivity contribution in [3.63, 3.8) is 0 Å². The van der Waals surface area contributed by atoms with Crippen LogP contribution in [0.25, 0.3) is 0 Å². The van der Waals surface area contributed by atoms with E-state index in [1.54, 1.807) is 27.0 Å². The predicted octanol–water partition coefficient (Wildman–Crippen LogP) is 2.76. The van der Waals surface area contributed by atoms with Gasteiger partial charge in [-0.05, 0) is 34.1 Å². The summed E-state index contributed by atoms with van der Waals surface area (Å²) in [6, 6.07) is 0. The average molecular weight is 462 g/mol. The Bertz CT molecular complexity index is 820. The number of unbranched alkanes of at least 4 members (excludes halogenated alkanes) is 1. The van der Waals surface area contributed by atoms with Gasteiger partial charge < -0.3 is 24.6 Å². The van der Waals surface area contributed by atoms with Crippen LogP contribution in [0.1, 0.15) is 58.8 Å². The maximum Gasteiger partial charge on any atom is 0.410 e. The summed E-state index contributed by atoms with van der Waals surface area (Å²) < 4.78 is 10.6. The second kappa shape index (κ2) is 14.3. The van der Waals surface area contributed by atoms with Crippen molar-refractivity contribution in [2.24, 2.45) is 0 Å². The van der Waals surface area contributed by atoms with E-state index < -0.39 is 11.7 Å². The number of morpholine rings is 1. The van der Waals surface area contributed by atoms with Gasteiger partial charge >= 0.3 is 6.09 Å². The van der Waals surface area contributed by atoms with Crippen molar-refractivity contribution in [1.29, 1.82) is 0 Å². The minimum Gasteiger partial charge on any atom is -0.444 e. The van der Waals surface area contributed by atoms with Gasteiger partial charge in [-0.1, -0.05) is 25.7 Å². The lowest BCUT2D eigenvalue weighted by atomic mass is 10.2. The van der Waals surface area contributed by atoms with Crippen molar-refractivity contribution in [3.05, 3.63) is 17.6 Å². The van der Waals surface area contributed by atoms with Crippen molar-refractivity contribution in [3.8, 4) is 11.8 Å². The molecule has 1 aromatic heterocycles. The molecule has 9 heteroatoms. The Kier molecular flexibility index (Phi) is 12.2. The number of ether oxygens (including phenoxy) is 2. The molecule has 0 aromatic carbocycles. The molecule has 1 N–H and O–H groups in total. The van der Waals surface area contributed by atoms with Gasteiger partial charge in [0.15, 0.2) is 0 Å². The maximum atomic E-state index is 12.0. The molecule has 1 saturated heterocycles. The number of aromatic nitrogens is 2. The third-order valence-electron chi connectivity index (χ3n) is 4.31. The van der Waals surface area contributed by atoms with E-state index in [1.807, 2.05) is 20.8 Å². The monoisotopic (exact) mass is 461 g/mol. The highest BCUT2D eigenvalue weighted by molar-refractivity contribution is 5.82. The molecule has 2 rings (SSSR count). The van der Waals surface area contributed by atoms with Crippen LogP contribution in [-0.2, 0) is 14.3 Å². The standard InChI is InChI=1S/C22H33N5O4.C2H6/c1-17-24-15-18(20(25-17)27-11-13-30-14-12-27)9-7-6-8-10-23-19(28)16-26(5)21(29)31-22(2,3)4;1-2/h15H,6,8,10-14,16H2,1-5H3,(H,23,28);1-2H3. The summed E-state index contributed by atoms with van der Waals surface area (Å²) >= 11 is 0. The topological polar surface area (TPSA) is 96.9 Å². The Hall–Kier alpha value is -2.86. The zero-order chi connectivity index (χ0) is 24.9. The number of carbonyl (C=O) groups is 2. The molecule has 0 aliphatic carbocycles. The number of nitrogens with zero attached hydrogens (tertiary/aromatic N) is 4. The molecule has 0 unspecified atom stereocenters. The number of anilines is 1. The molecule has 0 saturated carbocycles. The number of likely N-dealkylation sites (N-methyl/N-ethyl adjacent to an activating group) is 1. The lowest BCUT2D eigenvalue weighted by Gasteiger charge is -2.28. The summed E-state index contributed by atoms with van der Waals surface area (Å²) in [5.74, 6) is 7.62. The van der Waals surface area contributed by atoms with E-state index in [1.165, 1.54) is 11.9 Å². The molecule has 0 radical (unpaired) electrons. The Balaban J connectivity index is 0.00000265. The molecular formula is C24H39N5O4. The summed E-state index contributed by atoms with van der Waals surface area (Å²) in [7, 11) is 1.54. The van der Waals surface area contributed by atoms with E-state index in [4.69, 9.17) is 9.47 Å². The quantitative estimate of drug-likeness (QED) is 0.514. The van der Waals surface area contributed by atoms with Gasteiger partial charge in [-0.15, -0.1) is 0 Å². The van der Waals surface area contributed by atoms with E-state index in [9.17, 15) is 9.59 Å². The van der Waals surface area contributed by atoms with E-state index in [2.05, 4.69) is 32.0 Å². The molecule has 1 aliphatic heterocycles. The highest BCUT2D eigenvalue weighted by Gasteiger charge is 2.21. The van der Waals surface area contributed by atoms with Gasteiger partial charge in [0.25, 0.3) is 0 Å². The molecule has 184 valence electrons. The zero-order valence-electron chi connectivity index (χ0n) is 21.2. The zero-order valence-corrected chi connectivity index (χ0v) is 21.2. The number of aryl methyl sites for hydroxylation is 1. The third kappa shape index (κ3) is 11.0. The number of rotatable bonds is 6. The number of carbonyl (C=O) groups excluding carboxylic acids is 2. The first-order chi connectivity index (χ1) is 15.7. The van der Waals surface area contributed by atoms with Crippen LogP contribution < -0.4 is 10.2 Å². The summed E-state index contributed by atoms with van der Waals surface area (Å²) in [5, 5.41) is 2.80. The van der Waals surface area contributed by atoms with Gasteiger partial charge in [0.2, 0.25) is 5.91 Å². The molecule has 1 aromatic rings. The van der Waals surface area contributed by atoms with E-state index in [0.717, 1.165) is 24.5 Å². The van der Waals surface area contributed by atoms with Crippen LogP contribution in [0, 0.1) is 18.8 Å². The van der Waals surface area contributed by atoms with Gasteiger partial charge in [-0.25, -0.2) is 14.8 Å². The predicted molar refractivity (Wildman–Crippen MR) is 129 cm³/mol. The Labute approximate surface area is 198 Å². The molecule has 0 bridgehead atoms. The molecule has 0 spiro atoms. The Morgan fingerprint density at radius 3 is 2.58 bits per heavy atom. The number of hydrogen-bond acceptors (Lipinski definition) is 7. The molecular weight excluding hydrogens is 422 g/mol. The van der Waals surface area contributed by atoms with Crippen molar-refractivity contribution in [2.45, 2.75) is 60.0 Å². The second-order valence-corrected chi connectivity index (χ2v) is 8.35. The fourth-order valence-corrected chi connectivity index (χ4v) is 2.80. The number of nitrogens with one attached hydrogen (secondary N) is 1. The highest BCUT2D eigenvalue weighted by Crippen LogP contribution is 2.17. The average Bonchev–Trinajstić information content (AvgIpc) is 2.77. The normalized spacial score (nSPS) is 13.1. The van der Waals surface area contributed by atoms with Gasteiger partial charge in [0.05, 0.1) is 18.8 Å². The molecule has 2 amide bonds. The molecule has 9 nitrogen and oxygen atoms in total. The second-order valence-electron chi connectivity index (χ2n) is 8.35. The molecule has 33 heavy (non-hydrogen) atoms. The van der Waals surface area contributed by atoms with E-state index in [-0.39, 0.29) is 12.5 Å². The fraction of sp³-hybridized carbons (Fsp3) is 0.667. The first kappa shape index (κ1) is 28.2. The first-order valence-corrected chi connectivity index (χ1v) is 11.5. The lowest BCUT2D eigenvalue weighted by Crippen LogP contribution is -2.41. The minimum atomic E-state index is -0.593. The molecule has 1 aliphatic rings. The van der Waals surface area contributed by atoms with Gasteiger partial charge in [0, 0.05) is 39.3 Å². The van der Waals surface area contributed by atoms with Crippen LogP contribution in [0.4, 0.5) is 10.6 Å². The van der Waals surface area contributed by atoms with Crippen LogP contribution in [-0.4, -0.2) is 78.9 Å². The number of hydrogen-bond donors (Lipinski definition) is 1. The summed E-state index contributed by atoms with van der Waals surface area (Å²) in [5.41, 5.74) is 0.209. The van der Waals surface area contributed by atoms with Crippen molar-refractivity contribution in [1.82, 2.24) is 20.2 Å². The smallest absolute Gasteiger partial charge is 0.410 e. The molecule has 0 atom stereocenters.